The van der Waals surface area contributed by atoms with Gasteiger partial charge in [0.15, 0.2) is 17.2 Å². The highest BCUT2D eigenvalue weighted by atomic mass is 16.3. The first kappa shape index (κ1) is 43.6. The molecule has 0 radical (unpaired) electrons. The second-order valence-electron chi connectivity index (χ2n) is 22.1. The van der Waals surface area contributed by atoms with E-state index in [4.69, 9.17) is 19.4 Å². The van der Waals surface area contributed by atoms with E-state index in [-0.39, 0.29) is 17.8 Å². The standard InChI is InChI=1S/C71H50N6O/c1-40-35-36-71(4)64-42(3)65-63(41(2)62(40)64)55-38-45(30-33-60(55)77(65)61-28-16-24-51-50-23-15-25-52(66(50)78-67(51)61)69-72-68(73-70(71)74-69)43-17-7-5-8-18-43)44-29-32-58-53(37-44)48-21-11-14-27-57(48)76(58)47-31-34-59-54(39-47)49-22-12-13-26-56(49)75(59)46-19-9-6-10-20-46/h5-42H,1-4H3. The molecule has 14 aromatic rings. The highest BCUT2D eigenvalue weighted by Crippen LogP contribution is 2.58. The van der Waals surface area contributed by atoms with Crippen LogP contribution in [0.25, 0.3) is 127 Å². The third-order valence-corrected chi connectivity index (χ3v) is 17.9. The number of aromatic nitrogens is 6. The lowest BCUT2D eigenvalue weighted by Gasteiger charge is -2.44. The molecule has 0 spiro atoms. The van der Waals surface area contributed by atoms with Crippen molar-refractivity contribution >= 4 is 76.5 Å². The quantitative estimate of drug-likeness (QED) is 0.165. The van der Waals surface area contributed by atoms with Crippen LogP contribution in [0.3, 0.4) is 0 Å². The van der Waals surface area contributed by atoms with Gasteiger partial charge in [-0.15, -0.1) is 0 Å². The molecule has 0 saturated heterocycles. The smallest absolute Gasteiger partial charge is 0.167 e. The number of allylic oxidation sites excluding steroid dienone is 4. The summed E-state index contributed by atoms with van der Waals surface area (Å²) in [6.45, 7) is 9.55. The fourth-order valence-corrected chi connectivity index (χ4v) is 14.5. The van der Waals surface area contributed by atoms with Crippen molar-refractivity contribution in [2.45, 2.75) is 44.9 Å². The Morgan fingerprint density at radius 3 is 1.76 bits per heavy atom. The van der Waals surface area contributed by atoms with Gasteiger partial charge in [0.1, 0.15) is 11.4 Å². The molecule has 4 atom stereocenters. The van der Waals surface area contributed by atoms with Crippen LogP contribution in [0.1, 0.15) is 56.6 Å². The summed E-state index contributed by atoms with van der Waals surface area (Å²) in [5.74, 6) is 2.29. The predicted molar refractivity (Wildman–Crippen MR) is 318 cm³/mol. The first-order valence-corrected chi connectivity index (χ1v) is 27.3. The van der Waals surface area contributed by atoms with Crippen LogP contribution in [0.4, 0.5) is 0 Å². The number of nitrogens with zero attached hydrogens (tertiary/aromatic N) is 6. The molecule has 370 valence electrons. The molecule has 0 saturated carbocycles. The van der Waals surface area contributed by atoms with Crippen LogP contribution in [0.2, 0.25) is 0 Å². The van der Waals surface area contributed by atoms with Crippen LogP contribution in [0, 0.1) is 5.92 Å². The van der Waals surface area contributed by atoms with Crippen molar-refractivity contribution in [3.05, 3.63) is 241 Å². The topological polar surface area (TPSA) is 66.6 Å². The van der Waals surface area contributed by atoms with E-state index in [2.05, 4.69) is 248 Å². The lowest BCUT2D eigenvalue weighted by atomic mass is 9.60. The third-order valence-electron chi connectivity index (χ3n) is 17.9. The maximum atomic E-state index is 7.23. The summed E-state index contributed by atoms with van der Waals surface area (Å²) in [5.41, 5.74) is 19.9. The lowest BCUT2D eigenvalue weighted by molar-refractivity contribution is 0.512. The van der Waals surface area contributed by atoms with E-state index >= 15 is 0 Å². The zero-order valence-electron chi connectivity index (χ0n) is 43.5. The molecule has 0 N–H and O–H groups in total. The van der Waals surface area contributed by atoms with Gasteiger partial charge in [-0.1, -0.05) is 160 Å². The molecule has 9 aromatic carbocycles. The van der Waals surface area contributed by atoms with Crippen molar-refractivity contribution in [3.8, 4) is 51.0 Å². The number of hydrogen-bond acceptors (Lipinski definition) is 4. The highest BCUT2D eigenvalue weighted by Gasteiger charge is 2.47. The zero-order chi connectivity index (χ0) is 51.7. The molecule has 17 rings (SSSR count). The summed E-state index contributed by atoms with van der Waals surface area (Å²) >= 11 is 0. The number of furan rings is 1. The Hall–Kier alpha value is -9.59. The molecule has 2 aliphatic carbocycles. The van der Waals surface area contributed by atoms with E-state index in [0.717, 1.165) is 56.0 Å². The van der Waals surface area contributed by atoms with Crippen molar-refractivity contribution in [1.29, 1.82) is 0 Å². The number of para-hydroxylation sites is 5. The maximum Gasteiger partial charge on any atom is 0.167 e. The molecule has 5 aromatic heterocycles. The van der Waals surface area contributed by atoms with Crippen LogP contribution in [0.5, 0.6) is 0 Å². The number of benzene rings is 9. The van der Waals surface area contributed by atoms with E-state index < -0.39 is 5.41 Å². The first-order chi connectivity index (χ1) is 38.3. The highest BCUT2D eigenvalue weighted by molar-refractivity contribution is 6.14. The molecule has 0 amide bonds. The van der Waals surface area contributed by atoms with E-state index in [1.54, 1.807) is 0 Å². The normalized spacial score (nSPS) is 18.6. The molecule has 7 heteroatoms. The van der Waals surface area contributed by atoms with Crippen LogP contribution >= 0.6 is 0 Å². The van der Waals surface area contributed by atoms with Gasteiger partial charge in [-0.05, 0) is 114 Å². The molecule has 4 unspecified atom stereocenters. The molecular weight excluding hydrogens is 953 g/mol. The van der Waals surface area contributed by atoms with Crippen molar-refractivity contribution in [1.82, 2.24) is 28.7 Å². The fourth-order valence-electron chi connectivity index (χ4n) is 14.5. The van der Waals surface area contributed by atoms with E-state index in [1.807, 2.05) is 6.07 Å². The van der Waals surface area contributed by atoms with Gasteiger partial charge in [-0.3, -0.25) is 0 Å². The third kappa shape index (κ3) is 5.80. The van der Waals surface area contributed by atoms with Gasteiger partial charge < -0.3 is 18.1 Å². The Bertz CT molecular complexity index is 4990. The van der Waals surface area contributed by atoms with Gasteiger partial charge in [0.25, 0.3) is 0 Å². The maximum absolute atomic E-state index is 7.23. The van der Waals surface area contributed by atoms with Crippen LogP contribution in [-0.4, -0.2) is 28.7 Å². The van der Waals surface area contributed by atoms with Crippen LogP contribution < -0.4 is 0 Å². The molecule has 1 aliphatic heterocycles. The van der Waals surface area contributed by atoms with Gasteiger partial charge in [-0.2, -0.15) is 0 Å². The second kappa shape index (κ2) is 15.7. The Labute approximate surface area is 449 Å². The summed E-state index contributed by atoms with van der Waals surface area (Å²) in [7, 11) is 0. The summed E-state index contributed by atoms with van der Waals surface area (Å²) in [5, 5.41) is 8.28. The fraction of sp³-hybridized carbons (Fsp3) is 0.113. The van der Waals surface area contributed by atoms with Crippen molar-refractivity contribution < 1.29 is 4.42 Å². The Morgan fingerprint density at radius 1 is 0.436 bits per heavy atom. The van der Waals surface area contributed by atoms with Crippen LogP contribution in [0.15, 0.2) is 228 Å². The van der Waals surface area contributed by atoms with Crippen LogP contribution in [-0.2, 0) is 5.41 Å². The Kier molecular flexibility index (Phi) is 8.81. The van der Waals surface area contributed by atoms with E-state index in [9.17, 15) is 0 Å². The summed E-state index contributed by atoms with van der Waals surface area (Å²) in [6, 6.07) is 72.9. The minimum atomic E-state index is -0.635. The first-order valence-electron chi connectivity index (χ1n) is 27.3. The zero-order valence-corrected chi connectivity index (χ0v) is 43.5. The molecule has 0 fully saturated rings. The number of rotatable bonds is 4. The SMILES string of the molecule is CC1C=CC2(C)C3=C1C(C)c1c(n(c4ccc(-c5ccc6c(c5)c5ccccc5n6-c5ccc6c(c5)c5ccccc5n6-c5ccccc5)cc14)-c1cccc4c1oc1c(cccc14)-c1nc(-c4ccccc4)nc2n1)C3C. The predicted octanol–water partition coefficient (Wildman–Crippen LogP) is 17.9. The largest absolute Gasteiger partial charge is 0.453 e. The lowest BCUT2D eigenvalue weighted by Crippen LogP contribution is -2.37. The van der Waals surface area contributed by atoms with Crippen molar-refractivity contribution in [2.75, 3.05) is 0 Å². The van der Waals surface area contributed by atoms with Crippen molar-refractivity contribution in [3.63, 3.8) is 0 Å². The van der Waals surface area contributed by atoms with Gasteiger partial charge >= 0.3 is 0 Å². The number of hydrogen-bond donors (Lipinski definition) is 0. The minimum Gasteiger partial charge on any atom is -0.453 e. The van der Waals surface area contributed by atoms with Gasteiger partial charge in [-0.25, -0.2) is 15.0 Å². The van der Waals surface area contributed by atoms with Crippen molar-refractivity contribution in [2.24, 2.45) is 5.92 Å². The summed E-state index contributed by atoms with van der Waals surface area (Å²) in [6.07, 6.45) is 4.78. The summed E-state index contributed by atoms with van der Waals surface area (Å²) in [4.78, 5) is 16.2. The Morgan fingerprint density at radius 2 is 1.01 bits per heavy atom. The molecule has 7 nitrogen and oxygen atoms in total. The molecule has 78 heavy (non-hydrogen) atoms. The average Bonchev–Trinajstić information content (AvgIpc) is 4.25. The molecule has 6 heterocycles. The van der Waals surface area contributed by atoms with E-state index in [1.165, 1.54) is 88.0 Å². The number of fused-ring (bicyclic) bond motifs is 15. The monoisotopic (exact) mass is 1000 g/mol. The minimum absolute atomic E-state index is 0.0100. The van der Waals surface area contributed by atoms with Gasteiger partial charge in [0, 0.05) is 72.2 Å². The second-order valence-corrected chi connectivity index (χ2v) is 22.1. The average molecular weight is 1000 g/mol. The van der Waals surface area contributed by atoms with E-state index in [0.29, 0.717) is 11.6 Å². The van der Waals surface area contributed by atoms with Gasteiger partial charge in [0.05, 0.1) is 44.2 Å². The molecule has 3 aliphatic rings. The Balaban J connectivity index is 0.884. The molecular formula is C71H50N6O. The molecule has 6 bridgehead atoms. The summed E-state index contributed by atoms with van der Waals surface area (Å²) < 4.78 is 14.6. The van der Waals surface area contributed by atoms with Gasteiger partial charge in [0.2, 0.25) is 0 Å².